The number of nitrogens with one attached hydrogen (secondary N) is 1. The van der Waals surface area contributed by atoms with Crippen LogP contribution in [-0.2, 0) is 11.3 Å². The lowest BCUT2D eigenvalue weighted by atomic mass is 10.1. The molecule has 1 fully saturated rings. The molecule has 1 aliphatic heterocycles. The van der Waals surface area contributed by atoms with Gasteiger partial charge < -0.3 is 5.32 Å². The number of halogens is 2. The smallest absolute Gasteiger partial charge is 0.238 e. The normalized spacial score (nSPS) is 15.7. The number of carbonyl (C=O) groups excluding carboxylic acids is 1. The number of nitrogens with zero attached hydrogens (tertiary/aromatic N) is 2. The molecular weight excluding hydrogens is 381 g/mol. The molecule has 27 heavy (non-hydrogen) atoms. The number of hydrogen-bond donors (Lipinski definition) is 1. The van der Waals surface area contributed by atoms with Crippen molar-refractivity contribution in [2.24, 2.45) is 0 Å². The monoisotopic (exact) mass is 405 g/mol. The second-order valence-electron chi connectivity index (χ2n) is 7.17. The number of hydrogen-bond acceptors (Lipinski definition) is 3. The van der Waals surface area contributed by atoms with Gasteiger partial charge in [-0.25, -0.2) is 0 Å². The van der Waals surface area contributed by atoms with Gasteiger partial charge in [-0.1, -0.05) is 41.4 Å². The maximum atomic E-state index is 12.4. The second kappa shape index (κ2) is 9.07. The summed E-state index contributed by atoms with van der Waals surface area (Å²) in [4.78, 5) is 17.0. The zero-order chi connectivity index (χ0) is 19.4. The van der Waals surface area contributed by atoms with E-state index in [2.05, 4.69) is 27.2 Å². The lowest BCUT2D eigenvalue weighted by Gasteiger charge is -2.34. The van der Waals surface area contributed by atoms with E-state index in [1.807, 2.05) is 38.1 Å². The molecule has 2 aromatic rings. The van der Waals surface area contributed by atoms with Crippen molar-refractivity contribution in [3.8, 4) is 0 Å². The fourth-order valence-corrected chi connectivity index (χ4v) is 3.90. The summed E-state index contributed by atoms with van der Waals surface area (Å²) in [5, 5.41) is 4.32. The Balaban J connectivity index is 1.47. The number of rotatable bonds is 5. The first-order valence-corrected chi connectivity index (χ1v) is 9.92. The van der Waals surface area contributed by atoms with Gasteiger partial charge in [-0.15, -0.1) is 0 Å². The molecule has 0 aromatic heterocycles. The van der Waals surface area contributed by atoms with E-state index in [1.165, 1.54) is 5.56 Å². The summed E-state index contributed by atoms with van der Waals surface area (Å²) < 4.78 is 0. The molecule has 0 unspecified atom stereocenters. The molecule has 1 amide bonds. The predicted octanol–water partition coefficient (Wildman–Crippen LogP) is 4.37. The summed E-state index contributed by atoms with van der Waals surface area (Å²) in [6, 6.07) is 11.9. The van der Waals surface area contributed by atoms with Crippen molar-refractivity contribution in [3.63, 3.8) is 0 Å². The van der Waals surface area contributed by atoms with E-state index in [0.717, 1.165) is 48.9 Å². The van der Waals surface area contributed by atoms with Gasteiger partial charge in [0, 0.05) is 37.7 Å². The molecule has 4 nitrogen and oxygen atoms in total. The van der Waals surface area contributed by atoms with Gasteiger partial charge >= 0.3 is 0 Å². The van der Waals surface area contributed by atoms with Crippen LogP contribution in [0.4, 0.5) is 5.69 Å². The molecule has 0 aliphatic carbocycles. The molecule has 1 saturated heterocycles. The van der Waals surface area contributed by atoms with E-state index < -0.39 is 0 Å². The number of amides is 1. The van der Waals surface area contributed by atoms with Crippen molar-refractivity contribution in [2.75, 3.05) is 38.0 Å². The Morgan fingerprint density at radius 2 is 1.63 bits per heavy atom. The van der Waals surface area contributed by atoms with E-state index in [1.54, 1.807) is 0 Å². The third-order valence-corrected chi connectivity index (χ3v) is 5.40. The zero-order valence-electron chi connectivity index (χ0n) is 15.8. The summed E-state index contributed by atoms with van der Waals surface area (Å²) in [7, 11) is 0. The second-order valence-corrected chi connectivity index (χ2v) is 8.01. The van der Waals surface area contributed by atoms with E-state index >= 15 is 0 Å². The molecule has 1 aliphatic rings. The lowest BCUT2D eigenvalue weighted by molar-refractivity contribution is -0.117. The average molecular weight is 406 g/mol. The molecule has 2 aromatic carbocycles. The maximum Gasteiger partial charge on any atom is 0.238 e. The van der Waals surface area contributed by atoms with Crippen LogP contribution in [0.2, 0.25) is 10.0 Å². The highest BCUT2D eigenvalue weighted by molar-refractivity contribution is 6.34. The van der Waals surface area contributed by atoms with Crippen LogP contribution in [0.25, 0.3) is 0 Å². The number of piperazine rings is 1. The van der Waals surface area contributed by atoms with Crippen molar-refractivity contribution in [3.05, 3.63) is 63.1 Å². The highest BCUT2D eigenvalue weighted by atomic mass is 35.5. The van der Waals surface area contributed by atoms with Gasteiger partial charge in [0.1, 0.15) is 0 Å². The lowest BCUT2D eigenvalue weighted by Crippen LogP contribution is -2.48. The Morgan fingerprint density at radius 1 is 1.00 bits per heavy atom. The van der Waals surface area contributed by atoms with E-state index in [9.17, 15) is 4.79 Å². The quantitative estimate of drug-likeness (QED) is 0.801. The molecule has 0 saturated carbocycles. The summed E-state index contributed by atoms with van der Waals surface area (Å²) in [5.41, 5.74) is 4.05. The van der Waals surface area contributed by atoms with E-state index in [-0.39, 0.29) is 5.91 Å². The van der Waals surface area contributed by atoms with Crippen LogP contribution in [-0.4, -0.2) is 48.4 Å². The van der Waals surface area contributed by atoms with Crippen LogP contribution < -0.4 is 5.32 Å². The molecule has 1 heterocycles. The first-order chi connectivity index (χ1) is 12.9. The summed E-state index contributed by atoms with van der Waals surface area (Å²) in [5.74, 6) is -0.0185. The highest BCUT2D eigenvalue weighted by Crippen LogP contribution is 2.27. The Kier molecular flexibility index (Phi) is 6.77. The molecule has 6 heteroatoms. The minimum absolute atomic E-state index is 0.0185. The molecule has 1 N–H and O–H groups in total. The van der Waals surface area contributed by atoms with Gasteiger partial charge in [-0.3, -0.25) is 14.6 Å². The van der Waals surface area contributed by atoms with Crippen molar-refractivity contribution >= 4 is 34.8 Å². The maximum absolute atomic E-state index is 12.4. The standard InChI is InChI=1S/C21H25Cl2N3O/c1-15-11-16(2)21(19(23)12-15)24-20(27)14-26-9-7-25(8-10-26)13-17-3-5-18(22)6-4-17/h3-6,11-12H,7-10,13-14H2,1-2H3,(H,24,27). The van der Waals surface area contributed by atoms with Crippen molar-refractivity contribution in [1.29, 1.82) is 0 Å². The molecule has 0 radical (unpaired) electrons. The summed E-state index contributed by atoms with van der Waals surface area (Å²) in [6.45, 7) is 8.90. The van der Waals surface area contributed by atoms with E-state index in [4.69, 9.17) is 23.2 Å². The highest BCUT2D eigenvalue weighted by Gasteiger charge is 2.20. The summed E-state index contributed by atoms with van der Waals surface area (Å²) >= 11 is 12.2. The summed E-state index contributed by atoms with van der Waals surface area (Å²) in [6.07, 6.45) is 0. The SMILES string of the molecule is Cc1cc(C)c(NC(=O)CN2CCN(Cc3ccc(Cl)cc3)CC2)c(Cl)c1. The Labute approximate surface area is 171 Å². The van der Waals surface area contributed by atoms with Crippen molar-refractivity contribution < 1.29 is 4.79 Å². The first kappa shape index (κ1) is 20.2. The number of benzene rings is 2. The van der Waals surface area contributed by atoms with Crippen molar-refractivity contribution in [1.82, 2.24) is 9.80 Å². The van der Waals surface area contributed by atoms with Crippen molar-refractivity contribution in [2.45, 2.75) is 20.4 Å². The van der Waals surface area contributed by atoms with E-state index in [0.29, 0.717) is 17.3 Å². The van der Waals surface area contributed by atoms with Crippen LogP contribution in [0, 0.1) is 13.8 Å². The average Bonchev–Trinajstić information content (AvgIpc) is 2.62. The van der Waals surface area contributed by atoms with Gasteiger partial charge in [0.2, 0.25) is 5.91 Å². The first-order valence-electron chi connectivity index (χ1n) is 9.16. The molecule has 0 spiro atoms. The Morgan fingerprint density at radius 3 is 2.26 bits per heavy atom. The zero-order valence-corrected chi connectivity index (χ0v) is 17.3. The van der Waals surface area contributed by atoms with Gasteiger partial charge in [0.05, 0.1) is 17.3 Å². The molecule has 0 bridgehead atoms. The Hall–Kier alpha value is -1.59. The Bertz CT molecular complexity index is 777. The van der Waals surface area contributed by atoms with Crippen LogP contribution in [0.15, 0.2) is 36.4 Å². The molecule has 144 valence electrons. The van der Waals surface area contributed by atoms with Crippen LogP contribution >= 0.6 is 23.2 Å². The van der Waals surface area contributed by atoms with Crippen LogP contribution in [0.5, 0.6) is 0 Å². The number of anilines is 1. The fourth-order valence-electron chi connectivity index (χ4n) is 3.41. The third-order valence-electron chi connectivity index (χ3n) is 4.85. The van der Waals surface area contributed by atoms with Crippen LogP contribution in [0.1, 0.15) is 16.7 Å². The minimum Gasteiger partial charge on any atom is -0.323 e. The van der Waals surface area contributed by atoms with Gasteiger partial charge in [-0.2, -0.15) is 0 Å². The van der Waals surface area contributed by atoms with Crippen LogP contribution in [0.3, 0.4) is 0 Å². The fraction of sp³-hybridized carbons (Fsp3) is 0.381. The van der Waals surface area contributed by atoms with Gasteiger partial charge in [0.15, 0.2) is 0 Å². The topological polar surface area (TPSA) is 35.6 Å². The predicted molar refractivity (Wildman–Crippen MR) is 113 cm³/mol. The third kappa shape index (κ3) is 5.69. The minimum atomic E-state index is -0.0185. The largest absolute Gasteiger partial charge is 0.323 e. The molecular formula is C21H25Cl2N3O. The molecule has 0 atom stereocenters. The van der Waals surface area contributed by atoms with Gasteiger partial charge in [-0.05, 0) is 48.7 Å². The molecule has 3 rings (SSSR count). The number of carbonyl (C=O) groups is 1. The van der Waals surface area contributed by atoms with Gasteiger partial charge in [0.25, 0.3) is 0 Å². The number of aryl methyl sites for hydroxylation is 2.